The van der Waals surface area contributed by atoms with Crippen molar-refractivity contribution in [1.29, 1.82) is 5.26 Å². The molecule has 5 rings (SSSR count). The van der Waals surface area contributed by atoms with E-state index in [0.29, 0.717) is 31.7 Å². The van der Waals surface area contributed by atoms with Gasteiger partial charge in [-0.2, -0.15) is 5.26 Å². The predicted octanol–water partition coefficient (Wildman–Crippen LogP) is 1.66. The number of aromatic amines is 2. The number of nitrogens with zero attached hydrogens (tertiary/aromatic N) is 5. The largest absolute Gasteiger partial charge is 0.346 e. The summed E-state index contributed by atoms with van der Waals surface area (Å²) in [6.45, 7) is 4.27. The molecule has 2 aliphatic heterocycles. The zero-order valence-electron chi connectivity index (χ0n) is 15.6. The van der Waals surface area contributed by atoms with E-state index in [1.165, 1.54) is 0 Å². The van der Waals surface area contributed by atoms with Crippen LogP contribution in [0.3, 0.4) is 0 Å². The van der Waals surface area contributed by atoms with Gasteiger partial charge in [0.2, 0.25) is 0 Å². The van der Waals surface area contributed by atoms with Crippen molar-refractivity contribution >= 4 is 28.1 Å². The molecule has 2 aliphatic rings. The number of carbonyl (C=O) groups is 1. The lowest BCUT2D eigenvalue weighted by Crippen LogP contribution is -2.57. The molecule has 2 fully saturated rings. The molecule has 2 saturated heterocycles. The third kappa shape index (κ3) is 2.41. The van der Waals surface area contributed by atoms with Crippen LogP contribution in [0.15, 0.2) is 23.3 Å². The van der Waals surface area contributed by atoms with Gasteiger partial charge in [0.05, 0.1) is 35.3 Å². The van der Waals surface area contributed by atoms with Crippen LogP contribution in [0.1, 0.15) is 19.4 Å². The summed E-state index contributed by atoms with van der Waals surface area (Å²) in [5.41, 5.74) is 2.09. The number of likely N-dealkylation sites (tertiary alicyclic amines) is 2. The van der Waals surface area contributed by atoms with Gasteiger partial charge in [-0.3, -0.25) is 4.57 Å². The van der Waals surface area contributed by atoms with Crippen molar-refractivity contribution in [3.8, 4) is 6.07 Å². The molecule has 2 amide bonds. The van der Waals surface area contributed by atoms with E-state index in [1.54, 1.807) is 15.7 Å². The monoisotopic (exact) mass is 379 g/mol. The number of carbonyl (C=O) groups excluding carboxylic acids is 1. The smallest absolute Gasteiger partial charge is 0.326 e. The van der Waals surface area contributed by atoms with Crippen molar-refractivity contribution in [2.24, 2.45) is 11.8 Å². The summed E-state index contributed by atoms with van der Waals surface area (Å²) >= 11 is 0. The molecule has 3 aromatic heterocycles. The fourth-order valence-electron chi connectivity index (χ4n) is 4.41. The third-order valence-electron chi connectivity index (χ3n) is 6.11. The van der Waals surface area contributed by atoms with Gasteiger partial charge in [0.25, 0.3) is 0 Å². The van der Waals surface area contributed by atoms with Crippen molar-refractivity contribution in [3.05, 3.63) is 28.9 Å². The Morgan fingerprint density at radius 1 is 1.32 bits per heavy atom. The Labute approximate surface area is 160 Å². The zero-order chi connectivity index (χ0) is 19.4. The van der Waals surface area contributed by atoms with Crippen molar-refractivity contribution in [1.82, 2.24) is 29.3 Å². The van der Waals surface area contributed by atoms with Gasteiger partial charge in [0.15, 0.2) is 0 Å². The minimum absolute atomic E-state index is 0.0373. The van der Waals surface area contributed by atoms with Gasteiger partial charge in [-0.25, -0.2) is 14.6 Å². The molecule has 0 aliphatic carbocycles. The van der Waals surface area contributed by atoms with Crippen LogP contribution < -0.4 is 5.69 Å². The average molecular weight is 379 g/mol. The fourth-order valence-corrected chi connectivity index (χ4v) is 4.41. The number of hydrogen-bond donors (Lipinski definition) is 2. The number of nitrogens with one attached hydrogen (secondary N) is 2. The van der Waals surface area contributed by atoms with Crippen LogP contribution in [-0.2, 0) is 0 Å². The molecule has 0 spiro atoms. The maximum Gasteiger partial charge on any atom is 0.326 e. The number of pyridine rings is 1. The second-order valence-corrected chi connectivity index (χ2v) is 7.85. The van der Waals surface area contributed by atoms with Gasteiger partial charge in [0, 0.05) is 37.8 Å². The summed E-state index contributed by atoms with van der Waals surface area (Å²) in [6.07, 6.45) is 4.31. The normalized spacial score (nSPS) is 23.1. The van der Waals surface area contributed by atoms with E-state index in [0.717, 1.165) is 23.0 Å². The number of H-pyrrole nitrogens is 2. The van der Waals surface area contributed by atoms with E-state index in [4.69, 9.17) is 5.26 Å². The van der Waals surface area contributed by atoms with Gasteiger partial charge < -0.3 is 19.8 Å². The Balaban J connectivity index is 1.51. The van der Waals surface area contributed by atoms with Crippen LogP contribution in [-0.4, -0.2) is 61.5 Å². The lowest BCUT2D eigenvalue weighted by molar-refractivity contribution is 0.0819. The van der Waals surface area contributed by atoms with E-state index in [1.807, 2.05) is 17.2 Å². The Bertz CT molecular complexity index is 1160. The molecular weight excluding hydrogens is 358 g/mol. The minimum atomic E-state index is -0.176. The van der Waals surface area contributed by atoms with Crippen LogP contribution in [0, 0.1) is 23.2 Å². The van der Waals surface area contributed by atoms with E-state index in [2.05, 4.69) is 27.9 Å². The molecule has 0 saturated carbocycles. The van der Waals surface area contributed by atoms with Crippen LogP contribution in [0.2, 0.25) is 0 Å². The maximum atomic E-state index is 12.8. The second-order valence-electron chi connectivity index (χ2n) is 7.85. The Morgan fingerprint density at radius 2 is 2.14 bits per heavy atom. The molecule has 3 aromatic rings. The summed E-state index contributed by atoms with van der Waals surface area (Å²) < 4.78 is 1.80. The third-order valence-corrected chi connectivity index (χ3v) is 6.11. The number of hydrogen-bond acceptors (Lipinski definition) is 4. The Morgan fingerprint density at radius 3 is 2.93 bits per heavy atom. The highest BCUT2D eigenvalue weighted by Crippen LogP contribution is 2.32. The van der Waals surface area contributed by atoms with Crippen LogP contribution in [0.5, 0.6) is 0 Å². The highest BCUT2D eigenvalue weighted by Gasteiger charge is 2.38. The number of amides is 2. The zero-order valence-corrected chi connectivity index (χ0v) is 15.6. The minimum Gasteiger partial charge on any atom is -0.346 e. The van der Waals surface area contributed by atoms with Crippen LogP contribution >= 0.6 is 0 Å². The number of aromatic nitrogens is 4. The number of imidazole rings is 1. The lowest BCUT2D eigenvalue weighted by atomic mass is 9.93. The number of urea groups is 1. The molecule has 9 heteroatoms. The molecule has 144 valence electrons. The van der Waals surface area contributed by atoms with Gasteiger partial charge >= 0.3 is 11.7 Å². The van der Waals surface area contributed by atoms with E-state index >= 15 is 0 Å². The number of nitriles is 1. The summed E-state index contributed by atoms with van der Waals surface area (Å²) in [5, 5.41) is 9.84. The van der Waals surface area contributed by atoms with Crippen molar-refractivity contribution in [2.45, 2.75) is 19.4 Å². The lowest BCUT2D eigenvalue weighted by Gasteiger charge is -2.43. The number of fused-ring (bicyclic) bond motifs is 3. The standard InChI is InChI=1S/C19H21N7O2/c1-11-3-5-24(19(28)25-8-12(6-20)9-25)10-15(11)26-16-13-2-4-21-17(13)22-7-14(16)23-18(26)27/h2,4,7,11-12,15H,3,5,8-10H2,1H3,(H,21,22)(H,23,27)/t11-,15+/m1/s1. The molecule has 9 nitrogen and oxygen atoms in total. The van der Waals surface area contributed by atoms with Gasteiger partial charge in [-0.15, -0.1) is 0 Å². The van der Waals surface area contributed by atoms with Gasteiger partial charge in [0.1, 0.15) is 5.65 Å². The molecular formula is C19H21N7O2. The molecule has 0 radical (unpaired) electrons. The molecule has 0 unspecified atom stereocenters. The Kier molecular flexibility index (Phi) is 3.69. The maximum absolute atomic E-state index is 12.8. The van der Waals surface area contributed by atoms with E-state index in [-0.39, 0.29) is 29.6 Å². The first-order chi connectivity index (χ1) is 13.6. The fraction of sp³-hybridized carbons (Fsp3) is 0.474. The first-order valence-electron chi connectivity index (χ1n) is 9.56. The van der Waals surface area contributed by atoms with Crippen molar-refractivity contribution in [3.63, 3.8) is 0 Å². The highest BCUT2D eigenvalue weighted by molar-refractivity contribution is 6.01. The summed E-state index contributed by atoms with van der Waals surface area (Å²) in [4.78, 5) is 39.5. The predicted molar refractivity (Wildman–Crippen MR) is 103 cm³/mol. The molecule has 2 N–H and O–H groups in total. The second kappa shape index (κ2) is 6.12. The SMILES string of the molecule is C[C@@H]1CCN(C(=O)N2CC(C#N)C2)C[C@@H]1n1c(=O)[nH]c2cnc3[nH]ccc3c21. The summed E-state index contributed by atoms with van der Waals surface area (Å²) in [5.74, 6) is 0.195. The van der Waals surface area contributed by atoms with Gasteiger partial charge in [-0.05, 0) is 18.4 Å². The first-order valence-corrected chi connectivity index (χ1v) is 9.56. The van der Waals surface area contributed by atoms with Crippen molar-refractivity contribution in [2.75, 3.05) is 26.2 Å². The summed E-state index contributed by atoms with van der Waals surface area (Å²) in [7, 11) is 0. The first kappa shape index (κ1) is 16.9. The topological polar surface area (TPSA) is 114 Å². The van der Waals surface area contributed by atoms with E-state index < -0.39 is 0 Å². The molecule has 0 aromatic carbocycles. The molecule has 28 heavy (non-hydrogen) atoms. The average Bonchev–Trinajstić information content (AvgIpc) is 3.24. The molecule has 0 bridgehead atoms. The number of piperidine rings is 1. The highest BCUT2D eigenvalue weighted by atomic mass is 16.2. The van der Waals surface area contributed by atoms with Gasteiger partial charge in [-0.1, -0.05) is 6.92 Å². The van der Waals surface area contributed by atoms with Crippen LogP contribution in [0.4, 0.5) is 4.79 Å². The number of rotatable bonds is 1. The Hall–Kier alpha value is -3.28. The molecule has 2 atom stereocenters. The quantitative estimate of drug-likeness (QED) is 0.669. The van der Waals surface area contributed by atoms with Crippen molar-refractivity contribution < 1.29 is 4.79 Å². The van der Waals surface area contributed by atoms with Crippen LogP contribution in [0.25, 0.3) is 22.1 Å². The molecule has 5 heterocycles. The summed E-state index contributed by atoms with van der Waals surface area (Å²) in [6, 6.07) is 3.97. The van der Waals surface area contributed by atoms with E-state index in [9.17, 15) is 9.59 Å².